The Morgan fingerprint density at radius 2 is 1.76 bits per heavy atom. The maximum atomic E-state index is 5.66. The lowest BCUT2D eigenvalue weighted by molar-refractivity contribution is 0.499. The molecule has 144 valence electrons. The lowest BCUT2D eigenvalue weighted by Crippen LogP contribution is -2.34. The minimum absolute atomic E-state index is 0.562. The Labute approximate surface area is 169 Å². The van der Waals surface area contributed by atoms with Crippen LogP contribution in [0.3, 0.4) is 0 Å². The number of rotatable bonds is 4. The zero-order valence-electron chi connectivity index (χ0n) is 16.0. The monoisotopic (exact) mass is 383 g/mol. The first-order valence-electron chi connectivity index (χ1n) is 9.85. The zero-order chi connectivity index (χ0) is 19.5. The maximum absolute atomic E-state index is 5.66. The molecule has 0 atom stereocenters. The number of piperidine rings is 1. The van der Waals surface area contributed by atoms with Crippen LogP contribution in [0.5, 0.6) is 0 Å². The summed E-state index contributed by atoms with van der Waals surface area (Å²) < 4.78 is 5.66. The summed E-state index contributed by atoms with van der Waals surface area (Å²) in [6, 6.07) is 13.9. The topological polar surface area (TPSA) is 67.9 Å². The standard InChI is InChI=1S/C23H21N5O/c1-2-10-25-20(4-1)19-16-26-23(27-22(19)21-5-3-15-29-21)28-13-8-18(9-14-28)17-6-11-24-12-7-17/h1-7,10-12,15-16,18H,8-9,13-14H2. The van der Waals surface area contributed by atoms with Gasteiger partial charge in [-0.3, -0.25) is 9.97 Å². The molecule has 0 N–H and O–H groups in total. The number of furan rings is 1. The second-order valence-corrected chi connectivity index (χ2v) is 7.17. The molecule has 6 nitrogen and oxygen atoms in total. The van der Waals surface area contributed by atoms with Crippen molar-refractivity contribution in [2.75, 3.05) is 18.0 Å². The van der Waals surface area contributed by atoms with Gasteiger partial charge in [0.2, 0.25) is 5.95 Å². The highest BCUT2D eigenvalue weighted by Gasteiger charge is 2.24. The highest BCUT2D eigenvalue weighted by atomic mass is 16.3. The van der Waals surface area contributed by atoms with E-state index in [4.69, 9.17) is 9.40 Å². The van der Waals surface area contributed by atoms with E-state index in [9.17, 15) is 0 Å². The largest absolute Gasteiger partial charge is 0.463 e. The van der Waals surface area contributed by atoms with Crippen LogP contribution in [0.4, 0.5) is 5.95 Å². The number of aromatic nitrogens is 4. The lowest BCUT2D eigenvalue weighted by atomic mass is 9.90. The summed E-state index contributed by atoms with van der Waals surface area (Å²) in [5.74, 6) is 2.02. The number of pyridine rings is 2. The second kappa shape index (κ2) is 7.83. The Hall–Kier alpha value is -3.54. The van der Waals surface area contributed by atoms with Crippen molar-refractivity contribution in [3.63, 3.8) is 0 Å². The molecule has 1 aliphatic heterocycles. The van der Waals surface area contributed by atoms with Crippen LogP contribution in [0.2, 0.25) is 0 Å². The molecule has 0 aliphatic carbocycles. The Kier molecular flexibility index (Phi) is 4.74. The summed E-state index contributed by atoms with van der Waals surface area (Å²) in [5, 5.41) is 0. The number of hydrogen-bond acceptors (Lipinski definition) is 6. The molecule has 4 aromatic rings. The van der Waals surface area contributed by atoms with Gasteiger partial charge in [0.15, 0.2) is 5.76 Å². The third kappa shape index (κ3) is 3.61. The molecule has 4 aromatic heterocycles. The van der Waals surface area contributed by atoms with Gasteiger partial charge in [0.05, 0.1) is 12.0 Å². The molecule has 1 fully saturated rings. The SMILES string of the molecule is c1ccc(-c2cnc(N3CCC(c4ccncc4)CC3)nc2-c2ccco2)nc1. The zero-order valence-corrected chi connectivity index (χ0v) is 16.0. The van der Waals surface area contributed by atoms with E-state index in [1.807, 2.05) is 48.9 Å². The first kappa shape index (κ1) is 17.6. The molecule has 0 saturated carbocycles. The van der Waals surface area contributed by atoms with Crippen molar-refractivity contribution in [1.29, 1.82) is 0 Å². The van der Waals surface area contributed by atoms with Gasteiger partial charge in [0.1, 0.15) is 5.69 Å². The quantitative estimate of drug-likeness (QED) is 0.514. The molecule has 0 amide bonds. The summed E-state index contributed by atoms with van der Waals surface area (Å²) >= 11 is 0. The van der Waals surface area contributed by atoms with Gasteiger partial charge in [0.25, 0.3) is 0 Å². The number of nitrogens with zero attached hydrogens (tertiary/aromatic N) is 5. The van der Waals surface area contributed by atoms with Gasteiger partial charge >= 0.3 is 0 Å². The third-order valence-electron chi connectivity index (χ3n) is 5.43. The molecule has 1 aliphatic rings. The minimum Gasteiger partial charge on any atom is -0.463 e. The van der Waals surface area contributed by atoms with Crippen LogP contribution in [0.1, 0.15) is 24.3 Å². The third-order valence-corrected chi connectivity index (χ3v) is 5.43. The Bertz CT molecular complexity index is 1060. The minimum atomic E-state index is 0.562. The van der Waals surface area contributed by atoms with Crippen LogP contribution in [0, 0.1) is 0 Å². The predicted octanol–water partition coefficient (Wildman–Crippen LogP) is 4.58. The molecular formula is C23H21N5O. The van der Waals surface area contributed by atoms with Gasteiger partial charge in [-0.1, -0.05) is 6.07 Å². The Morgan fingerprint density at radius 3 is 2.48 bits per heavy atom. The van der Waals surface area contributed by atoms with Crippen LogP contribution >= 0.6 is 0 Å². The van der Waals surface area contributed by atoms with Gasteiger partial charge in [-0.15, -0.1) is 0 Å². The van der Waals surface area contributed by atoms with Crippen molar-refractivity contribution in [2.45, 2.75) is 18.8 Å². The normalized spacial score (nSPS) is 14.8. The van der Waals surface area contributed by atoms with E-state index in [0.717, 1.165) is 54.6 Å². The smallest absolute Gasteiger partial charge is 0.226 e. The van der Waals surface area contributed by atoms with Crippen LogP contribution in [-0.2, 0) is 0 Å². The second-order valence-electron chi connectivity index (χ2n) is 7.17. The average Bonchev–Trinajstić information content (AvgIpc) is 3.35. The molecule has 0 unspecified atom stereocenters. The van der Waals surface area contributed by atoms with Crippen molar-refractivity contribution in [3.05, 3.63) is 79.1 Å². The molecule has 0 aromatic carbocycles. The highest BCUT2D eigenvalue weighted by molar-refractivity contribution is 5.76. The molecule has 1 saturated heterocycles. The van der Waals surface area contributed by atoms with Gasteiger partial charge in [0, 0.05) is 43.4 Å². The van der Waals surface area contributed by atoms with E-state index in [-0.39, 0.29) is 0 Å². The molecule has 0 spiro atoms. The first-order chi connectivity index (χ1) is 14.4. The van der Waals surface area contributed by atoms with Crippen LogP contribution < -0.4 is 4.90 Å². The summed E-state index contributed by atoms with van der Waals surface area (Å²) in [7, 11) is 0. The molecule has 5 rings (SSSR count). The van der Waals surface area contributed by atoms with Gasteiger partial charge < -0.3 is 9.32 Å². The summed E-state index contributed by atoms with van der Waals surface area (Å²) in [4.78, 5) is 20.4. The van der Waals surface area contributed by atoms with Crippen molar-refractivity contribution in [1.82, 2.24) is 19.9 Å². The van der Waals surface area contributed by atoms with Gasteiger partial charge in [-0.05, 0) is 60.7 Å². The molecule has 0 bridgehead atoms. The fourth-order valence-electron chi connectivity index (χ4n) is 3.88. The van der Waals surface area contributed by atoms with E-state index in [2.05, 4.69) is 32.0 Å². The van der Waals surface area contributed by atoms with Crippen molar-refractivity contribution in [2.24, 2.45) is 0 Å². The van der Waals surface area contributed by atoms with E-state index in [1.165, 1.54) is 5.56 Å². The fraction of sp³-hybridized carbons (Fsp3) is 0.217. The van der Waals surface area contributed by atoms with Crippen molar-refractivity contribution >= 4 is 5.95 Å². The molecule has 0 radical (unpaired) electrons. The molecule has 6 heteroatoms. The van der Waals surface area contributed by atoms with Crippen molar-refractivity contribution < 1.29 is 4.42 Å². The average molecular weight is 383 g/mol. The molecule has 29 heavy (non-hydrogen) atoms. The van der Waals surface area contributed by atoms with E-state index >= 15 is 0 Å². The highest BCUT2D eigenvalue weighted by Crippen LogP contribution is 2.33. The van der Waals surface area contributed by atoms with Crippen LogP contribution in [-0.4, -0.2) is 33.0 Å². The first-order valence-corrected chi connectivity index (χ1v) is 9.85. The molecular weight excluding hydrogens is 362 g/mol. The molecule has 5 heterocycles. The maximum Gasteiger partial charge on any atom is 0.226 e. The van der Waals surface area contributed by atoms with E-state index in [1.54, 1.807) is 12.5 Å². The lowest BCUT2D eigenvalue weighted by Gasteiger charge is -2.32. The van der Waals surface area contributed by atoms with Crippen LogP contribution in [0.25, 0.3) is 22.7 Å². The van der Waals surface area contributed by atoms with E-state index in [0.29, 0.717) is 5.92 Å². The van der Waals surface area contributed by atoms with Crippen LogP contribution in [0.15, 0.2) is 77.9 Å². The Balaban J connectivity index is 1.42. The van der Waals surface area contributed by atoms with Crippen molar-refractivity contribution in [3.8, 4) is 22.7 Å². The fourth-order valence-corrected chi connectivity index (χ4v) is 3.88. The summed E-state index contributed by atoms with van der Waals surface area (Å²) in [6.45, 7) is 1.85. The predicted molar refractivity (Wildman–Crippen MR) is 111 cm³/mol. The van der Waals surface area contributed by atoms with E-state index < -0.39 is 0 Å². The summed E-state index contributed by atoms with van der Waals surface area (Å²) in [6.07, 6.45) is 11.2. The number of hydrogen-bond donors (Lipinski definition) is 0. The Morgan fingerprint density at radius 1 is 0.897 bits per heavy atom. The summed E-state index contributed by atoms with van der Waals surface area (Å²) in [5.41, 5.74) is 3.84. The van der Waals surface area contributed by atoms with Gasteiger partial charge in [-0.25, -0.2) is 9.97 Å². The number of anilines is 1. The van der Waals surface area contributed by atoms with Gasteiger partial charge in [-0.2, -0.15) is 0 Å².